The van der Waals surface area contributed by atoms with Gasteiger partial charge < -0.3 is 35.6 Å². The highest BCUT2D eigenvalue weighted by Crippen LogP contribution is 2.20. The van der Waals surface area contributed by atoms with Gasteiger partial charge in [0.25, 0.3) is 5.91 Å². The Morgan fingerprint density at radius 2 is 1.24 bits per heavy atom. The molecule has 0 aliphatic carbocycles. The number of carbonyl (C=O) groups is 7. The van der Waals surface area contributed by atoms with E-state index in [9.17, 15) is 33.6 Å². The van der Waals surface area contributed by atoms with Crippen LogP contribution in [-0.4, -0.2) is 103 Å². The van der Waals surface area contributed by atoms with Crippen LogP contribution in [0.2, 0.25) is 0 Å². The first-order valence-electron chi connectivity index (χ1n) is 19.4. The van der Waals surface area contributed by atoms with Crippen LogP contribution in [0.5, 0.6) is 0 Å². The second-order valence-electron chi connectivity index (χ2n) is 15.1. The quantitative estimate of drug-likeness (QED) is 0.119. The van der Waals surface area contributed by atoms with Crippen molar-refractivity contribution in [1.29, 1.82) is 0 Å². The van der Waals surface area contributed by atoms with E-state index in [1.165, 1.54) is 11.8 Å². The van der Waals surface area contributed by atoms with Gasteiger partial charge in [0.05, 0.1) is 13.1 Å². The molecule has 0 saturated carbocycles. The van der Waals surface area contributed by atoms with Crippen LogP contribution in [-0.2, 0) is 57.5 Å². The normalized spacial score (nSPS) is 15.2. The smallest absolute Gasteiger partial charge is 0.414 e. The number of esters is 1. The number of nitrogens with one attached hydrogen (secondary N) is 5. The van der Waals surface area contributed by atoms with Gasteiger partial charge >= 0.3 is 12.1 Å². The topological polar surface area (TPSA) is 201 Å². The highest BCUT2D eigenvalue weighted by Gasteiger charge is 2.39. The van der Waals surface area contributed by atoms with Crippen molar-refractivity contribution in [1.82, 2.24) is 31.5 Å². The molecule has 3 aromatic carbocycles. The maximum absolute atomic E-state index is 14.0. The largest absolute Gasteiger partial charge is 0.464 e. The number of nitrogens with zero attached hydrogens (tertiary/aromatic N) is 1. The van der Waals surface area contributed by atoms with E-state index >= 15 is 0 Å². The molecule has 1 fully saturated rings. The predicted molar refractivity (Wildman–Crippen MR) is 215 cm³/mol. The van der Waals surface area contributed by atoms with Crippen LogP contribution in [0, 0.1) is 0 Å². The molecule has 310 valence electrons. The monoisotopic (exact) mass is 798 g/mol. The third kappa shape index (κ3) is 15.4. The van der Waals surface area contributed by atoms with Gasteiger partial charge in [-0.15, -0.1) is 0 Å². The van der Waals surface area contributed by atoms with Gasteiger partial charge in [-0.2, -0.15) is 0 Å². The van der Waals surface area contributed by atoms with Crippen LogP contribution < -0.4 is 26.6 Å². The van der Waals surface area contributed by atoms with Crippen molar-refractivity contribution in [3.63, 3.8) is 0 Å². The molecule has 0 aromatic heterocycles. The Hall–Kier alpha value is -6.09. The van der Waals surface area contributed by atoms with E-state index in [0.29, 0.717) is 19.3 Å². The first-order valence-corrected chi connectivity index (χ1v) is 19.4. The first kappa shape index (κ1) is 44.6. The lowest BCUT2D eigenvalue weighted by Gasteiger charge is -2.29. The lowest BCUT2D eigenvalue weighted by Crippen LogP contribution is -2.56. The molecule has 4 rings (SSSR count). The van der Waals surface area contributed by atoms with Crippen molar-refractivity contribution in [2.24, 2.45) is 0 Å². The Kier molecular flexibility index (Phi) is 16.9. The van der Waals surface area contributed by atoms with Gasteiger partial charge in [0.2, 0.25) is 23.6 Å². The zero-order valence-electron chi connectivity index (χ0n) is 33.5. The summed E-state index contributed by atoms with van der Waals surface area (Å²) in [6.07, 6.45) is 0.592. The average Bonchev–Trinajstić information content (AvgIpc) is 3.68. The highest BCUT2D eigenvalue weighted by molar-refractivity contribution is 5.99. The number of carbonyl (C=O) groups excluding carboxylic acids is 7. The van der Waals surface area contributed by atoms with E-state index in [0.717, 1.165) is 16.7 Å². The molecule has 4 atom stereocenters. The number of alkyl carbamates (subject to hydrolysis) is 1. The Morgan fingerprint density at radius 1 is 0.724 bits per heavy atom. The minimum Gasteiger partial charge on any atom is -0.464 e. The van der Waals surface area contributed by atoms with Crippen molar-refractivity contribution in [3.05, 3.63) is 108 Å². The van der Waals surface area contributed by atoms with Crippen LogP contribution in [0.1, 0.15) is 57.2 Å². The summed E-state index contributed by atoms with van der Waals surface area (Å²) in [5, 5.41) is 13.4. The third-order valence-electron chi connectivity index (χ3n) is 9.10. The third-order valence-corrected chi connectivity index (χ3v) is 9.10. The molecule has 1 saturated heterocycles. The zero-order valence-corrected chi connectivity index (χ0v) is 33.5. The average molecular weight is 799 g/mol. The molecule has 1 unspecified atom stereocenters. The molecule has 58 heavy (non-hydrogen) atoms. The number of amides is 6. The van der Waals surface area contributed by atoms with Crippen molar-refractivity contribution in [2.45, 2.75) is 89.6 Å². The minimum absolute atomic E-state index is 0.0337. The Bertz CT molecular complexity index is 1850. The summed E-state index contributed by atoms with van der Waals surface area (Å²) >= 11 is 0. The van der Waals surface area contributed by atoms with Crippen LogP contribution in [0.15, 0.2) is 91.0 Å². The van der Waals surface area contributed by atoms with Gasteiger partial charge in [0.1, 0.15) is 30.3 Å². The molecular weight excluding hydrogens is 745 g/mol. The van der Waals surface area contributed by atoms with E-state index in [1.54, 1.807) is 57.2 Å². The Balaban J connectivity index is 1.41. The number of imide groups is 1. The molecule has 15 heteroatoms. The standard InChI is InChI=1S/C43H54N6O9/c1-29(50)57-28-33(23-30-15-8-5-9-16-30)44-26-37(51)46-34(24-31-17-10-6-11-18-31)39(53)45-27-38(52)47-35(25-32-19-12-7-13-20-32)41(55)49-22-14-21-36(49)40(54)48-42(56)58-43(2,3)4/h5-13,15-20,33-36,44H,14,21-28H2,1-4H3,(H,45,53)(H,46,51)(H,47,52)(H,48,54,56)/t33?,34-,35-,36-/m0/s1. The van der Waals surface area contributed by atoms with Crippen LogP contribution >= 0.6 is 0 Å². The van der Waals surface area contributed by atoms with Gasteiger partial charge in [0, 0.05) is 32.4 Å². The van der Waals surface area contributed by atoms with Crippen molar-refractivity contribution >= 4 is 41.6 Å². The fourth-order valence-corrected chi connectivity index (χ4v) is 6.42. The molecule has 3 aromatic rings. The number of hydrogen-bond donors (Lipinski definition) is 5. The van der Waals surface area contributed by atoms with Crippen molar-refractivity contribution < 1.29 is 43.0 Å². The lowest BCUT2D eigenvalue weighted by atomic mass is 10.0. The van der Waals surface area contributed by atoms with Crippen LogP contribution in [0.4, 0.5) is 4.79 Å². The number of likely N-dealkylation sites (tertiary alicyclic amines) is 1. The Labute approximate surface area is 339 Å². The molecule has 1 aliphatic heterocycles. The highest BCUT2D eigenvalue weighted by atomic mass is 16.6. The SMILES string of the molecule is CC(=O)OCC(Cc1ccccc1)NCC(=O)N[C@@H](Cc1ccccc1)C(=O)NCC(=O)N[C@@H](Cc1ccccc1)C(=O)N1CCC[C@H]1C(=O)NC(=O)OC(C)(C)C. The van der Waals surface area contributed by atoms with Gasteiger partial charge in [-0.1, -0.05) is 91.0 Å². The summed E-state index contributed by atoms with van der Waals surface area (Å²) in [6, 6.07) is 24.1. The summed E-state index contributed by atoms with van der Waals surface area (Å²) in [7, 11) is 0. The molecule has 0 bridgehead atoms. The molecule has 1 aliphatic rings. The number of rotatable bonds is 18. The number of ether oxygens (including phenoxy) is 2. The predicted octanol–water partition coefficient (Wildman–Crippen LogP) is 2.36. The van der Waals surface area contributed by atoms with Crippen LogP contribution in [0.25, 0.3) is 0 Å². The Morgan fingerprint density at radius 3 is 1.79 bits per heavy atom. The van der Waals surface area contributed by atoms with Crippen molar-refractivity contribution in [2.75, 3.05) is 26.2 Å². The van der Waals surface area contributed by atoms with Crippen LogP contribution in [0.3, 0.4) is 0 Å². The fraction of sp³-hybridized carbons (Fsp3) is 0.419. The van der Waals surface area contributed by atoms with E-state index in [4.69, 9.17) is 9.47 Å². The summed E-state index contributed by atoms with van der Waals surface area (Å²) in [4.78, 5) is 92.7. The molecule has 6 amide bonds. The molecule has 0 radical (unpaired) electrons. The second kappa shape index (κ2) is 22.0. The van der Waals surface area contributed by atoms with Gasteiger partial charge in [0.15, 0.2) is 0 Å². The zero-order chi connectivity index (χ0) is 42.1. The summed E-state index contributed by atoms with van der Waals surface area (Å²) in [5.41, 5.74) is 1.66. The minimum atomic E-state index is -1.11. The number of hydrogen-bond acceptors (Lipinski definition) is 10. The molecular formula is C43H54N6O9. The maximum atomic E-state index is 14.0. The maximum Gasteiger partial charge on any atom is 0.414 e. The molecule has 0 spiro atoms. The molecule has 5 N–H and O–H groups in total. The van der Waals surface area contributed by atoms with E-state index < -0.39 is 71.9 Å². The summed E-state index contributed by atoms with van der Waals surface area (Å²) in [6.45, 7) is 5.87. The summed E-state index contributed by atoms with van der Waals surface area (Å²) < 4.78 is 10.4. The lowest BCUT2D eigenvalue weighted by molar-refractivity contribution is -0.141. The second-order valence-corrected chi connectivity index (χ2v) is 15.1. The van der Waals surface area contributed by atoms with E-state index in [-0.39, 0.29) is 38.6 Å². The molecule has 15 nitrogen and oxygen atoms in total. The summed E-state index contributed by atoms with van der Waals surface area (Å²) in [5.74, 6) is -3.45. The first-order chi connectivity index (χ1) is 27.7. The fourth-order valence-electron chi connectivity index (χ4n) is 6.42. The van der Waals surface area contributed by atoms with Crippen molar-refractivity contribution in [3.8, 4) is 0 Å². The van der Waals surface area contributed by atoms with E-state index in [1.807, 2.05) is 54.6 Å². The van der Waals surface area contributed by atoms with Gasteiger partial charge in [-0.05, 0) is 56.7 Å². The van der Waals surface area contributed by atoms with E-state index in [2.05, 4.69) is 26.6 Å². The number of benzene rings is 3. The van der Waals surface area contributed by atoms with Gasteiger partial charge in [-0.25, -0.2) is 4.79 Å². The molecule has 1 heterocycles. The van der Waals surface area contributed by atoms with Gasteiger partial charge in [-0.3, -0.25) is 34.1 Å².